The third kappa shape index (κ3) is 5.53. The van der Waals surface area contributed by atoms with E-state index in [1.54, 1.807) is 38.1 Å². The van der Waals surface area contributed by atoms with Gasteiger partial charge in [-0.25, -0.2) is 23.9 Å². The van der Waals surface area contributed by atoms with Crippen LogP contribution in [0.2, 0.25) is 0 Å². The summed E-state index contributed by atoms with van der Waals surface area (Å²) in [6.07, 6.45) is 5.92. The Labute approximate surface area is 215 Å². The average molecular weight is 524 g/mol. The van der Waals surface area contributed by atoms with Crippen LogP contribution in [-0.4, -0.2) is 50.4 Å². The number of hydrogen-bond donors (Lipinski definition) is 4. The molecule has 2 aromatic heterocycles. The third-order valence-corrected chi connectivity index (χ3v) is 8.19. The number of nitrogens with zero attached hydrogens (tertiary/aromatic N) is 3. The molecule has 12 heteroatoms. The summed E-state index contributed by atoms with van der Waals surface area (Å²) in [6.45, 7) is 3.44. The number of carbonyl (C=O) groups is 2. The Bertz CT molecular complexity index is 1440. The van der Waals surface area contributed by atoms with Crippen molar-refractivity contribution in [1.29, 1.82) is 4.78 Å². The summed E-state index contributed by atoms with van der Waals surface area (Å²) >= 11 is 0. The van der Waals surface area contributed by atoms with E-state index in [9.17, 15) is 13.8 Å². The van der Waals surface area contributed by atoms with Crippen molar-refractivity contribution in [2.45, 2.75) is 36.8 Å². The van der Waals surface area contributed by atoms with Crippen LogP contribution in [0.15, 0.2) is 47.8 Å². The normalized spacial score (nSPS) is 14.5. The summed E-state index contributed by atoms with van der Waals surface area (Å²) in [4.78, 5) is 37.9. The summed E-state index contributed by atoms with van der Waals surface area (Å²) in [5.74, 6) is 0.610. The molecule has 37 heavy (non-hydrogen) atoms. The van der Waals surface area contributed by atoms with Gasteiger partial charge in [0.2, 0.25) is 5.91 Å². The van der Waals surface area contributed by atoms with E-state index < -0.39 is 9.73 Å². The van der Waals surface area contributed by atoms with Gasteiger partial charge in [-0.3, -0.25) is 9.59 Å². The van der Waals surface area contributed by atoms with E-state index in [0.717, 1.165) is 12.8 Å². The quantitative estimate of drug-likeness (QED) is 0.329. The lowest BCUT2D eigenvalue weighted by molar-refractivity contribution is -0.117. The molecule has 0 saturated heterocycles. The molecule has 11 nitrogen and oxygen atoms in total. The molecule has 1 saturated carbocycles. The topological polar surface area (TPSA) is 159 Å². The molecule has 1 unspecified atom stereocenters. The summed E-state index contributed by atoms with van der Waals surface area (Å²) in [5.41, 5.74) is 1.77. The van der Waals surface area contributed by atoms with Crippen molar-refractivity contribution in [1.82, 2.24) is 20.3 Å². The van der Waals surface area contributed by atoms with Gasteiger partial charge in [-0.1, -0.05) is 6.07 Å². The zero-order chi connectivity index (χ0) is 26.7. The van der Waals surface area contributed by atoms with Gasteiger partial charge in [0.25, 0.3) is 5.91 Å². The lowest BCUT2D eigenvalue weighted by Gasteiger charge is -2.17. The molecule has 1 atom stereocenters. The highest BCUT2D eigenvalue weighted by molar-refractivity contribution is 7.93. The number of hydrogen-bond acceptors (Lipinski definition) is 9. The van der Waals surface area contributed by atoms with Crippen LogP contribution in [0.5, 0.6) is 5.75 Å². The maximum absolute atomic E-state index is 12.7. The largest absolute Gasteiger partial charge is 0.494 e. The molecular weight excluding hydrogens is 494 g/mol. The second-order valence-electron chi connectivity index (χ2n) is 8.86. The minimum Gasteiger partial charge on any atom is -0.494 e. The monoisotopic (exact) mass is 523 g/mol. The Morgan fingerprint density at radius 1 is 1.11 bits per heavy atom. The van der Waals surface area contributed by atoms with Crippen LogP contribution in [0, 0.1) is 10.7 Å². The van der Waals surface area contributed by atoms with Crippen LogP contribution in [0.25, 0.3) is 11.4 Å². The zero-order valence-corrected chi connectivity index (χ0v) is 21.8. The van der Waals surface area contributed by atoms with E-state index in [1.165, 1.54) is 32.7 Å². The van der Waals surface area contributed by atoms with Crippen LogP contribution in [0.1, 0.15) is 37.0 Å². The molecule has 2 amide bonds. The van der Waals surface area contributed by atoms with Crippen molar-refractivity contribution < 1.29 is 18.5 Å². The average Bonchev–Trinajstić information content (AvgIpc) is 3.74. The minimum absolute atomic E-state index is 0.00366. The van der Waals surface area contributed by atoms with Gasteiger partial charge in [0, 0.05) is 42.9 Å². The highest BCUT2D eigenvalue weighted by Gasteiger charge is 2.30. The first kappa shape index (κ1) is 26.0. The number of rotatable bonds is 9. The Hall–Kier alpha value is -4.06. The van der Waals surface area contributed by atoms with Crippen LogP contribution >= 0.6 is 0 Å². The number of methoxy groups -OCH3 is 1. The highest BCUT2D eigenvalue weighted by Crippen LogP contribution is 2.37. The van der Waals surface area contributed by atoms with Gasteiger partial charge >= 0.3 is 0 Å². The van der Waals surface area contributed by atoms with Crippen molar-refractivity contribution in [3.63, 3.8) is 0 Å². The fraction of sp³-hybridized carbons (Fsp3) is 0.320. The van der Waals surface area contributed by atoms with E-state index in [2.05, 4.69) is 30.9 Å². The Kier molecular flexibility index (Phi) is 7.39. The van der Waals surface area contributed by atoms with Gasteiger partial charge in [-0.05, 0) is 38.8 Å². The maximum Gasteiger partial charge on any atom is 0.254 e. The fourth-order valence-corrected chi connectivity index (χ4v) is 4.54. The van der Waals surface area contributed by atoms with Gasteiger partial charge in [0.05, 0.1) is 44.2 Å². The number of amides is 2. The summed E-state index contributed by atoms with van der Waals surface area (Å²) in [7, 11) is 0.00808. The van der Waals surface area contributed by atoms with E-state index in [0.29, 0.717) is 34.3 Å². The molecule has 0 spiro atoms. The van der Waals surface area contributed by atoms with Crippen molar-refractivity contribution in [2.75, 3.05) is 24.8 Å². The smallest absolute Gasteiger partial charge is 0.254 e. The van der Waals surface area contributed by atoms with Crippen LogP contribution in [-0.2, 0) is 14.5 Å². The molecular formula is C25H29N7O4S. The second-order valence-corrected chi connectivity index (χ2v) is 11.5. The molecule has 1 fully saturated rings. The molecule has 1 aliphatic carbocycles. The second kappa shape index (κ2) is 10.5. The zero-order valence-electron chi connectivity index (χ0n) is 21.0. The van der Waals surface area contributed by atoms with Gasteiger partial charge in [-0.2, -0.15) is 0 Å². The van der Waals surface area contributed by atoms with Crippen molar-refractivity contribution in [3.05, 3.63) is 48.4 Å². The van der Waals surface area contributed by atoms with Crippen LogP contribution < -0.4 is 20.7 Å². The fourth-order valence-electron chi connectivity index (χ4n) is 3.58. The number of pyridine rings is 1. The molecule has 4 N–H and O–H groups in total. The Morgan fingerprint density at radius 2 is 1.81 bits per heavy atom. The van der Waals surface area contributed by atoms with Crippen LogP contribution in [0.4, 0.5) is 17.2 Å². The minimum atomic E-state index is -3.01. The summed E-state index contributed by atoms with van der Waals surface area (Å²) in [6, 6.07) is 6.91. The number of anilines is 3. The van der Waals surface area contributed by atoms with Crippen LogP contribution in [0.3, 0.4) is 0 Å². The lowest BCUT2D eigenvalue weighted by Crippen LogP contribution is -2.20. The van der Waals surface area contributed by atoms with E-state index in [1.807, 2.05) is 0 Å². The SMILES string of the molecule is CNC(=O)c1cnc(NC(=O)C2CC2)cc1Nc1cccc(-c2ncc(S(=N)(=O)C(C)C)cn2)c1OC. The number of para-hydroxylation sites is 1. The van der Waals surface area contributed by atoms with E-state index in [-0.39, 0.29) is 33.4 Å². The van der Waals surface area contributed by atoms with E-state index in [4.69, 9.17) is 9.52 Å². The van der Waals surface area contributed by atoms with Crippen molar-refractivity contribution >= 4 is 38.7 Å². The summed E-state index contributed by atoms with van der Waals surface area (Å²) < 4.78 is 26.5. The molecule has 0 bridgehead atoms. The molecule has 0 radical (unpaired) electrons. The highest BCUT2D eigenvalue weighted by atomic mass is 32.2. The number of ether oxygens (including phenoxy) is 1. The van der Waals surface area contributed by atoms with Gasteiger partial charge < -0.3 is 20.7 Å². The number of nitrogens with one attached hydrogen (secondary N) is 4. The first-order valence-corrected chi connectivity index (χ1v) is 13.3. The third-order valence-electron chi connectivity index (χ3n) is 5.95. The number of aromatic nitrogens is 3. The molecule has 1 aliphatic rings. The first-order chi connectivity index (χ1) is 17.6. The van der Waals surface area contributed by atoms with Gasteiger partial charge in [0.1, 0.15) is 5.82 Å². The molecule has 1 aromatic carbocycles. The summed E-state index contributed by atoms with van der Waals surface area (Å²) in [5, 5.41) is 8.22. The maximum atomic E-state index is 12.7. The Balaban J connectivity index is 1.70. The molecule has 4 rings (SSSR count). The molecule has 0 aliphatic heterocycles. The molecule has 2 heterocycles. The van der Waals surface area contributed by atoms with Crippen molar-refractivity contribution in [2.24, 2.45) is 5.92 Å². The van der Waals surface area contributed by atoms with E-state index >= 15 is 0 Å². The molecule has 194 valence electrons. The van der Waals surface area contributed by atoms with Crippen molar-refractivity contribution in [3.8, 4) is 17.1 Å². The number of benzene rings is 1. The first-order valence-electron chi connectivity index (χ1n) is 11.7. The molecule has 3 aromatic rings. The predicted octanol–water partition coefficient (Wildman–Crippen LogP) is 3.81. The number of carbonyl (C=O) groups excluding carboxylic acids is 2. The van der Waals surface area contributed by atoms with Gasteiger partial charge in [-0.15, -0.1) is 0 Å². The standard InChI is InChI=1S/C25H29N7O4S/c1-14(2)37(26,35)16-11-29-23(30-12-16)17-6-5-7-19(22(17)36-4)31-20-10-21(32-24(33)15-8-9-15)28-13-18(20)25(34)27-3/h5-7,10-15,26H,8-9H2,1-4H3,(H,27,34)(H2,28,31,32,33). The van der Waals surface area contributed by atoms with Gasteiger partial charge in [0.15, 0.2) is 11.6 Å². The lowest BCUT2D eigenvalue weighted by atomic mass is 10.1. The predicted molar refractivity (Wildman–Crippen MR) is 141 cm³/mol. The Morgan fingerprint density at radius 3 is 2.41 bits per heavy atom.